The van der Waals surface area contributed by atoms with Crippen molar-refractivity contribution in [2.24, 2.45) is 5.41 Å². The molecule has 3 heterocycles. The number of hydrogen-bond donors (Lipinski definition) is 2. The fraction of sp³-hybridized carbons (Fsp3) is 0.467. The number of ether oxygens (including phenoxy) is 2. The van der Waals surface area contributed by atoms with Crippen LogP contribution < -0.4 is 20.1 Å². The van der Waals surface area contributed by atoms with E-state index in [0.717, 1.165) is 42.9 Å². The Labute approximate surface area is 235 Å². The minimum atomic E-state index is -0.682. The number of nitrogens with zero attached hydrogens (tertiary/aromatic N) is 4. The lowest BCUT2D eigenvalue weighted by molar-refractivity contribution is -0.137. The number of nitrogens with one attached hydrogen (secondary N) is 2. The van der Waals surface area contributed by atoms with E-state index in [2.05, 4.69) is 25.8 Å². The summed E-state index contributed by atoms with van der Waals surface area (Å²) >= 11 is 0. The molecule has 10 nitrogen and oxygen atoms in total. The topological polar surface area (TPSA) is 111 Å². The van der Waals surface area contributed by atoms with Gasteiger partial charge in [0.25, 0.3) is 0 Å². The number of methoxy groups -OCH3 is 2. The number of fused-ring (bicyclic) bond motifs is 2. The van der Waals surface area contributed by atoms with Gasteiger partial charge >= 0.3 is 0 Å². The van der Waals surface area contributed by atoms with Gasteiger partial charge in [-0.15, -0.1) is 5.10 Å². The molecular formula is C30H38N6O4. The van der Waals surface area contributed by atoms with E-state index in [1.165, 1.54) is 0 Å². The fourth-order valence-corrected chi connectivity index (χ4v) is 5.68. The molecule has 40 heavy (non-hydrogen) atoms. The Kier molecular flexibility index (Phi) is 8.64. The van der Waals surface area contributed by atoms with Crippen LogP contribution in [0.3, 0.4) is 0 Å². The number of carbonyl (C=O) groups excluding carboxylic acids is 2. The Morgan fingerprint density at radius 1 is 0.975 bits per heavy atom. The van der Waals surface area contributed by atoms with E-state index < -0.39 is 11.5 Å². The van der Waals surface area contributed by atoms with Crippen molar-refractivity contribution in [3.63, 3.8) is 0 Å². The van der Waals surface area contributed by atoms with Crippen LogP contribution in [0.15, 0.2) is 54.7 Å². The van der Waals surface area contributed by atoms with Crippen LogP contribution in [-0.4, -0.2) is 71.6 Å². The van der Waals surface area contributed by atoms with Gasteiger partial charge < -0.3 is 20.1 Å². The smallest absolute Gasteiger partial charge is 0.242 e. The Morgan fingerprint density at radius 2 is 1.75 bits per heavy atom. The molecule has 2 amide bonds. The third kappa shape index (κ3) is 6.44. The summed E-state index contributed by atoms with van der Waals surface area (Å²) < 4.78 is 12.7. The summed E-state index contributed by atoms with van der Waals surface area (Å²) in [6.07, 6.45) is 4.90. The minimum absolute atomic E-state index is 0.0943. The van der Waals surface area contributed by atoms with Gasteiger partial charge in [0.2, 0.25) is 11.8 Å². The second-order valence-corrected chi connectivity index (χ2v) is 10.8. The maximum atomic E-state index is 14.1. The van der Waals surface area contributed by atoms with Gasteiger partial charge in [0.1, 0.15) is 6.04 Å². The normalized spacial score (nSPS) is 20.0. The molecule has 3 aromatic rings. The van der Waals surface area contributed by atoms with Gasteiger partial charge in [-0.2, -0.15) is 0 Å². The molecule has 10 heteroatoms. The molecule has 1 atom stereocenters. The van der Waals surface area contributed by atoms with Crippen molar-refractivity contribution in [2.45, 2.75) is 51.2 Å². The molecule has 1 aromatic heterocycles. The lowest BCUT2D eigenvalue weighted by Crippen LogP contribution is -2.56. The first-order valence-corrected chi connectivity index (χ1v) is 13.9. The predicted molar refractivity (Wildman–Crippen MR) is 150 cm³/mol. The molecule has 0 aliphatic carbocycles. The molecule has 1 saturated heterocycles. The molecule has 2 aliphatic heterocycles. The summed E-state index contributed by atoms with van der Waals surface area (Å²) in [7, 11) is 3.27. The largest absolute Gasteiger partial charge is 0.493 e. The average molecular weight is 547 g/mol. The molecule has 1 fully saturated rings. The summed E-state index contributed by atoms with van der Waals surface area (Å²) in [5, 5.41) is 14.8. The Balaban J connectivity index is 1.35. The highest BCUT2D eigenvalue weighted by molar-refractivity contribution is 5.90. The van der Waals surface area contributed by atoms with Crippen LogP contribution in [0.2, 0.25) is 0 Å². The Bertz CT molecular complexity index is 1300. The summed E-state index contributed by atoms with van der Waals surface area (Å²) in [5.41, 5.74) is 2.25. The molecule has 0 unspecified atom stereocenters. The molecule has 2 bridgehead atoms. The van der Waals surface area contributed by atoms with E-state index >= 15 is 0 Å². The zero-order valence-corrected chi connectivity index (χ0v) is 23.3. The van der Waals surface area contributed by atoms with Gasteiger partial charge in [-0.3, -0.25) is 19.2 Å². The van der Waals surface area contributed by atoms with Crippen LogP contribution >= 0.6 is 0 Å². The van der Waals surface area contributed by atoms with Gasteiger partial charge in [0.05, 0.1) is 25.3 Å². The van der Waals surface area contributed by atoms with Crippen LogP contribution in [0, 0.1) is 5.41 Å². The number of piperidine rings is 1. The first-order chi connectivity index (χ1) is 19.5. The zero-order valence-electron chi connectivity index (χ0n) is 23.3. The predicted octanol–water partition coefficient (Wildman–Crippen LogP) is 2.37. The van der Waals surface area contributed by atoms with Gasteiger partial charge in [0, 0.05) is 38.7 Å². The van der Waals surface area contributed by atoms with Crippen LogP contribution in [0.1, 0.15) is 36.1 Å². The molecule has 5 rings (SSSR count). The van der Waals surface area contributed by atoms with Crippen molar-refractivity contribution < 1.29 is 19.1 Å². The number of amides is 2. The van der Waals surface area contributed by atoms with Crippen LogP contribution in [-0.2, 0) is 35.5 Å². The maximum absolute atomic E-state index is 14.1. The first kappa shape index (κ1) is 27.6. The third-order valence-corrected chi connectivity index (χ3v) is 8.02. The molecule has 2 N–H and O–H groups in total. The third-order valence-electron chi connectivity index (χ3n) is 8.02. The Hall–Kier alpha value is -3.92. The maximum Gasteiger partial charge on any atom is 0.242 e. The highest BCUT2D eigenvalue weighted by Crippen LogP contribution is 2.37. The molecule has 2 aromatic carbocycles. The van der Waals surface area contributed by atoms with Crippen LogP contribution in [0.25, 0.3) is 0 Å². The minimum Gasteiger partial charge on any atom is -0.493 e. The highest BCUT2D eigenvalue weighted by Gasteiger charge is 2.43. The second-order valence-electron chi connectivity index (χ2n) is 10.8. The number of hydrogen-bond acceptors (Lipinski definition) is 7. The van der Waals surface area contributed by atoms with Gasteiger partial charge in [-0.1, -0.05) is 41.6 Å². The lowest BCUT2D eigenvalue weighted by atomic mass is 9.73. The number of carbonyl (C=O) groups is 2. The van der Waals surface area contributed by atoms with Crippen LogP contribution in [0.4, 0.5) is 0 Å². The summed E-state index contributed by atoms with van der Waals surface area (Å²) in [6, 6.07) is 15.1. The van der Waals surface area contributed by atoms with E-state index in [-0.39, 0.29) is 11.8 Å². The van der Waals surface area contributed by atoms with Gasteiger partial charge in [-0.05, 0) is 55.6 Å². The summed E-state index contributed by atoms with van der Waals surface area (Å²) in [4.78, 5) is 29.7. The van der Waals surface area contributed by atoms with E-state index in [1.54, 1.807) is 18.9 Å². The van der Waals surface area contributed by atoms with Crippen molar-refractivity contribution in [3.05, 3.63) is 71.5 Å². The van der Waals surface area contributed by atoms with E-state index in [0.29, 0.717) is 50.3 Å². The van der Waals surface area contributed by atoms with Crippen molar-refractivity contribution >= 4 is 11.8 Å². The van der Waals surface area contributed by atoms with Crippen molar-refractivity contribution in [3.8, 4) is 11.5 Å². The van der Waals surface area contributed by atoms with E-state index in [1.807, 2.05) is 54.7 Å². The number of benzene rings is 2. The molecule has 0 radical (unpaired) electrons. The number of rotatable bonds is 6. The molecule has 0 saturated carbocycles. The van der Waals surface area contributed by atoms with Gasteiger partial charge in [-0.25, -0.2) is 0 Å². The molecule has 1 spiro atoms. The summed E-state index contributed by atoms with van der Waals surface area (Å²) in [5.74, 6) is 1.15. The molecular weight excluding hydrogens is 508 g/mol. The SMILES string of the molecule is COc1ccc(CN2CCC3(CC2)Cc2cn(nn2)CCCNC(=O)[C@H](Cc2ccccc2)NC3=O)cc1OC. The highest BCUT2D eigenvalue weighted by atomic mass is 16.5. The zero-order chi connectivity index (χ0) is 28.0. The van der Waals surface area contributed by atoms with Crippen molar-refractivity contribution in [1.82, 2.24) is 30.5 Å². The van der Waals surface area contributed by atoms with Gasteiger partial charge in [0.15, 0.2) is 11.5 Å². The number of aryl methyl sites for hydroxylation is 1. The average Bonchev–Trinajstić information content (AvgIpc) is 3.42. The quantitative estimate of drug-likeness (QED) is 0.488. The molecule has 212 valence electrons. The van der Waals surface area contributed by atoms with Crippen LogP contribution in [0.5, 0.6) is 11.5 Å². The van der Waals surface area contributed by atoms with E-state index in [9.17, 15) is 9.59 Å². The standard InChI is InChI=1S/C30H38N6O4/c1-39-26-10-9-23(18-27(26)40-2)20-35-15-11-30(12-16-35)19-24-21-36(34-33-24)14-6-13-31-28(37)25(32-29(30)38)17-22-7-4-3-5-8-22/h3-5,7-10,18,21,25H,6,11-17,19-20H2,1-2H3,(H,31,37)(H,32,38)/t25-/m0/s1. The monoisotopic (exact) mass is 546 g/mol. The second kappa shape index (κ2) is 12.5. The first-order valence-electron chi connectivity index (χ1n) is 13.9. The van der Waals surface area contributed by atoms with Crippen molar-refractivity contribution in [1.29, 1.82) is 0 Å². The number of likely N-dealkylation sites (tertiary alicyclic amines) is 1. The fourth-order valence-electron chi connectivity index (χ4n) is 5.68. The number of aromatic nitrogens is 3. The molecule has 2 aliphatic rings. The lowest BCUT2D eigenvalue weighted by Gasteiger charge is -2.41. The Morgan fingerprint density at radius 3 is 2.50 bits per heavy atom. The summed E-state index contributed by atoms with van der Waals surface area (Å²) in [6.45, 7) is 3.39. The van der Waals surface area contributed by atoms with Crippen molar-refractivity contribution in [2.75, 3.05) is 33.9 Å². The van der Waals surface area contributed by atoms with E-state index in [4.69, 9.17) is 9.47 Å².